The lowest BCUT2D eigenvalue weighted by molar-refractivity contribution is -0.135. The molecule has 0 N–H and O–H groups in total. The average molecular weight is 509 g/mol. The van der Waals surface area contributed by atoms with E-state index in [-0.39, 0.29) is 24.4 Å². The van der Waals surface area contributed by atoms with Crippen LogP contribution in [0.15, 0.2) is 60.0 Å². The van der Waals surface area contributed by atoms with Gasteiger partial charge in [-0.2, -0.15) is 0 Å². The first kappa shape index (κ1) is 25.9. The van der Waals surface area contributed by atoms with E-state index in [9.17, 15) is 14.0 Å². The summed E-state index contributed by atoms with van der Waals surface area (Å²) in [6.45, 7) is 7.56. The summed E-state index contributed by atoms with van der Waals surface area (Å²) >= 11 is 1.71. The molecule has 0 radical (unpaired) electrons. The van der Waals surface area contributed by atoms with Gasteiger partial charge in [-0.1, -0.05) is 31.5 Å². The zero-order valence-corrected chi connectivity index (χ0v) is 21.9. The molecule has 1 unspecified atom stereocenters. The van der Waals surface area contributed by atoms with Crippen LogP contribution in [0, 0.1) is 18.7 Å². The maximum absolute atomic E-state index is 13.7. The third-order valence-electron chi connectivity index (χ3n) is 6.52. The molecule has 3 aromatic rings. The van der Waals surface area contributed by atoms with E-state index in [1.54, 1.807) is 16.2 Å². The van der Waals surface area contributed by atoms with Crippen LogP contribution >= 0.6 is 11.3 Å². The van der Waals surface area contributed by atoms with Gasteiger partial charge in [-0.3, -0.25) is 9.59 Å². The van der Waals surface area contributed by atoms with Crippen molar-refractivity contribution in [2.24, 2.45) is 5.92 Å². The number of fused-ring (bicyclic) bond motifs is 1. The highest BCUT2D eigenvalue weighted by atomic mass is 32.1. The summed E-state index contributed by atoms with van der Waals surface area (Å²) in [4.78, 5) is 31.7. The van der Waals surface area contributed by atoms with Crippen molar-refractivity contribution >= 4 is 23.2 Å². The fourth-order valence-corrected chi connectivity index (χ4v) is 5.31. The predicted molar refractivity (Wildman–Crippen MR) is 141 cm³/mol. The molecule has 190 valence electrons. The van der Waals surface area contributed by atoms with E-state index in [2.05, 4.69) is 25.3 Å². The highest BCUT2D eigenvalue weighted by Gasteiger charge is 2.33. The summed E-state index contributed by atoms with van der Waals surface area (Å²) in [5.74, 6) is 0.379. The van der Waals surface area contributed by atoms with Crippen molar-refractivity contribution in [2.75, 3.05) is 26.2 Å². The number of halogens is 1. The number of benzene rings is 2. The number of ether oxygens (including phenoxy) is 1. The fourth-order valence-electron chi connectivity index (χ4n) is 4.38. The number of hydrogen-bond donors (Lipinski definition) is 0. The van der Waals surface area contributed by atoms with Gasteiger partial charge in [0.1, 0.15) is 24.7 Å². The molecular weight excluding hydrogens is 475 g/mol. The van der Waals surface area contributed by atoms with Gasteiger partial charge < -0.3 is 14.5 Å². The molecule has 7 heteroatoms. The molecular formula is C29H33FN2O3S. The summed E-state index contributed by atoms with van der Waals surface area (Å²) in [6.07, 6.45) is 1.56. The van der Waals surface area contributed by atoms with Crippen LogP contribution in [0.25, 0.3) is 0 Å². The Morgan fingerprint density at radius 1 is 1.11 bits per heavy atom. The second-order valence-electron chi connectivity index (χ2n) is 9.69. The van der Waals surface area contributed by atoms with Crippen molar-refractivity contribution in [3.05, 3.63) is 87.4 Å². The molecule has 5 nitrogen and oxygen atoms in total. The third-order valence-corrected chi connectivity index (χ3v) is 7.52. The highest BCUT2D eigenvalue weighted by Crippen LogP contribution is 2.34. The fraction of sp³-hybridized carbons (Fsp3) is 0.379. The Morgan fingerprint density at radius 2 is 1.83 bits per heavy atom. The zero-order chi connectivity index (χ0) is 25.7. The molecule has 1 atom stereocenters. The minimum absolute atomic E-state index is 0.0244. The van der Waals surface area contributed by atoms with Gasteiger partial charge in [-0.25, -0.2) is 4.39 Å². The van der Waals surface area contributed by atoms with E-state index in [0.717, 1.165) is 29.7 Å². The molecule has 1 aliphatic heterocycles. The van der Waals surface area contributed by atoms with Gasteiger partial charge in [0, 0.05) is 23.5 Å². The number of hydrogen-bond acceptors (Lipinski definition) is 4. The van der Waals surface area contributed by atoms with E-state index in [0.29, 0.717) is 31.2 Å². The van der Waals surface area contributed by atoms with Crippen LogP contribution in [-0.4, -0.2) is 47.9 Å². The van der Waals surface area contributed by atoms with Gasteiger partial charge in [0.25, 0.3) is 5.91 Å². The second kappa shape index (κ2) is 11.7. The Bertz CT molecular complexity index is 1170. The first-order chi connectivity index (χ1) is 17.3. The van der Waals surface area contributed by atoms with Gasteiger partial charge in [0.05, 0.1) is 6.04 Å². The van der Waals surface area contributed by atoms with Crippen LogP contribution in [0.1, 0.15) is 52.7 Å². The molecule has 2 amide bonds. The lowest BCUT2D eigenvalue weighted by Crippen LogP contribution is -2.48. The van der Waals surface area contributed by atoms with Crippen molar-refractivity contribution < 1.29 is 18.7 Å². The quantitative estimate of drug-likeness (QED) is 0.362. The van der Waals surface area contributed by atoms with Crippen molar-refractivity contribution in [1.29, 1.82) is 0 Å². The molecule has 0 aliphatic carbocycles. The van der Waals surface area contributed by atoms with Crippen molar-refractivity contribution in [1.82, 2.24) is 9.80 Å². The topological polar surface area (TPSA) is 49.9 Å². The normalized spacial score (nSPS) is 15.0. The summed E-state index contributed by atoms with van der Waals surface area (Å²) in [5, 5.41) is 2.06. The van der Waals surface area contributed by atoms with Crippen molar-refractivity contribution in [2.45, 2.75) is 39.7 Å². The predicted octanol–water partition coefficient (Wildman–Crippen LogP) is 5.89. The molecule has 0 fully saturated rings. The van der Waals surface area contributed by atoms with Gasteiger partial charge in [0.2, 0.25) is 5.91 Å². The minimum atomic E-state index is -0.396. The molecule has 2 aromatic carbocycles. The Kier molecular flexibility index (Phi) is 8.41. The second-order valence-corrected chi connectivity index (χ2v) is 10.7. The summed E-state index contributed by atoms with van der Waals surface area (Å²) in [5.41, 5.74) is 2.65. The number of amides is 2. The Hall–Kier alpha value is -3.19. The lowest BCUT2D eigenvalue weighted by atomic mass is 10.00. The van der Waals surface area contributed by atoms with E-state index < -0.39 is 5.82 Å². The van der Waals surface area contributed by atoms with Crippen LogP contribution in [0.4, 0.5) is 4.39 Å². The molecule has 2 heterocycles. The number of carbonyl (C=O) groups excluding carboxylic acids is 2. The van der Waals surface area contributed by atoms with Gasteiger partial charge >= 0.3 is 0 Å². The number of aryl methyl sites for hydroxylation is 1. The number of carbonyl (C=O) groups is 2. The standard InChI is InChI=1S/C29H33FN2O3S/c1-20(2)12-15-31(29(34)22-6-8-23(30)9-7-22)18-28(33)32-16-13-27-25(14-17-36-27)26(32)19-35-24-10-4-21(3)5-11-24/h4-11,14,17,20,26H,12-13,15-16,18-19H2,1-3H3. The van der Waals surface area contributed by atoms with Gasteiger partial charge in [-0.15, -0.1) is 11.3 Å². The first-order valence-electron chi connectivity index (χ1n) is 12.4. The SMILES string of the molecule is Cc1ccc(OCC2c3ccsc3CCN2C(=O)CN(CCC(C)C)C(=O)c2ccc(F)cc2)cc1. The maximum Gasteiger partial charge on any atom is 0.254 e. The van der Waals surface area contributed by atoms with Crippen molar-refractivity contribution in [3.8, 4) is 5.75 Å². The Morgan fingerprint density at radius 3 is 2.53 bits per heavy atom. The molecule has 0 spiro atoms. The Labute approximate surface area is 216 Å². The molecule has 0 bridgehead atoms. The maximum atomic E-state index is 13.7. The first-order valence-corrected chi connectivity index (χ1v) is 13.3. The minimum Gasteiger partial charge on any atom is -0.491 e. The highest BCUT2D eigenvalue weighted by molar-refractivity contribution is 7.10. The van der Waals surface area contributed by atoms with Crippen LogP contribution < -0.4 is 4.74 Å². The molecule has 1 aliphatic rings. The molecule has 4 rings (SSSR count). The van der Waals surface area contributed by atoms with Gasteiger partial charge in [-0.05, 0) is 79.1 Å². The average Bonchev–Trinajstić information content (AvgIpc) is 3.35. The van der Waals surface area contributed by atoms with Crippen molar-refractivity contribution in [3.63, 3.8) is 0 Å². The van der Waals surface area contributed by atoms with Crippen LogP contribution in [0.5, 0.6) is 5.75 Å². The largest absolute Gasteiger partial charge is 0.491 e. The van der Waals surface area contributed by atoms with E-state index >= 15 is 0 Å². The van der Waals surface area contributed by atoms with Crippen LogP contribution in [-0.2, 0) is 11.2 Å². The third kappa shape index (κ3) is 6.32. The number of nitrogens with zero attached hydrogens (tertiary/aromatic N) is 2. The zero-order valence-electron chi connectivity index (χ0n) is 21.1. The van der Waals surface area contributed by atoms with E-state index in [1.165, 1.54) is 29.1 Å². The molecule has 36 heavy (non-hydrogen) atoms. The van der Waals surface area contributed by atoms with Gasteiger partial charge in [0.15, 0.2) is 0 Å². The summed E-state index contributed by atoms with van der Waals surface area (Å²) < 4.78 is 19.5. The number of thiophene rings is 1. The summed E-state index contributed by atoms with van der Waals surface area (Å²) in [7, 11) is 0. The molecule has 0 saturated carbocycles. The van der Waals surface area contributed by atoms with Crippen LogP contribution in [0.2, 0.25) is 0 Å². The molecule has 0 saturated heterocycles. The lowest BCUT2D eigenvalue weighted by Gasteiger charge is -2.37. The van der Waals surface area contributed by atoms with Crippen LogP contribution in [0.3, 0.4) is 0 Å². The van der Waals surface area contributed by atoms with E-state index in [1.807, 2.05) is 36.1 Å². The molecule has 1 aromatic heterocycles. The smallest absolute Gasteiger partial charge is 0.254 e. The monoisotopic (exact) mass is 508 g/mol. The number of rotatable bonds is 9. The summed E-state index contributed by atoms with van der Waals surface area (Å²) in [6, 6.07) is 15.2. The van der Waals surface area contributed by atoms with E-state index in [4.69, 9.17) is 4.74 Å². The Balaban J connectivity index is 1.52.